The van der Waals surface area contributed by atoms with Crippen molar-refractivity contribution in [2.24, 2.45) is 0 Å². The van der Waals surface area contributed by atoms with Gasteiger partial charge >= 0.3 is 0 Å². The van der Waals surface area contributed by atoms with Crippen LogP contribution in [0.5, 0.6) is 0 Å². The highest BCUT2D eigenvalue weighted by atomic mass is 32.1. The zero-order valence-corrected chi connectivity index (χ0v) is 13.1. The van der Waals surface area contributed by atoms with Gasteiger partial charge in [-0.15, -0.1) is 0 Å². The molecule has 0 unspecified atom stereocenters. The average Bonchev–Trinajstić information content (AvgIpc) is 3.00. The van der Waals surface area contributed by atoms with Gasteiger partial charge in [0.25, 0.3) is 0 Å². The normalized spacial score (nSPS) is 25.9. The first-order valence-corrected chi connectivity index (χ1v) is 8.91. The number of piperidine rings is 1. The second-order valence-corrected chi connectivity index (χ2v) is 6.77. The minimum Gasteiger partial charge on any atom is -0.379 e. The van der Waals surface area contributed by atoms with Gasteiger partial charge in [-0.25, -0.2) is 0 Å². The van der Waals surface area contributed by atoms with E-state index in [0.29, 0.717) is 0 Å². The van der Waals surface area contributed by atoms with Crippen LogP contribution < -0.4 is 0 Å². The highest BCUT2D eigenvalue weighted by molar-refractivity contribution is 7.07. The molecule has 2 saturated heterocycles. The second-order valence-electron chi connectivity index (χ2n) is 5.99. The van der Waals surface area contributed by atoms with E-state index in [4.69, 9.17) is 4.74 Å². The Morgan fingerprint density at radius 3 is 2.90 bits per heavy atom. The summed E-state index contributed by atoms with van der Waals surface area (Å²) in [5, 5.41) is 4.50. The lowest BCUT2D eigenvalue weighted by Gasteiger charge is -2.37. The number of ether oxygens (including phenoxy) is 1. The predicted octanol–water partition coefficient (Wildman–Crippen LogP) is 2.82. The molecule has 112 valence electrons. The molecule has 2 aliphatic rings. The second kappa shape index (κ2) is 7.55. The van der Waals surface area contributed by atoms with E-state index in [2.05, 4.69) is 26.6 Å². The maximum absolute atomic E-state index is 5.43. The number of thiophene rings is 1. The van der Waals surface area contributed by atoms with Gasteiger partial charge in [0, 0.05) is 25.7 Å². The van der Waals surface area contributed by atoms with Crippen molar-refractivity contribution in [2.45, 2.75) is 38.3 Å². The molecule has 3 nitrogen and oxygen atoms in total. The van der Waals surface area contributed by atoms with E-state index in [-0.39, 0.29) is 0 Å². The minimum atomic E-state index is 0.784. The fourth-order valence-electron chi connectivity index (χ4n) is 3.37. The summed E-state index contributed by atoms with van der Waals surface area (Å²) in [6.45, 7) is 7.76. The van der Waals surface area contributed by atoms with E-state index in [1.807, 2.05) is 11.3 Å². The summed E-state index contributed by atoms with van der Waals surface area (Å²) >= 11 is 1.82. The number of nitrogens with zero attached hydrogens (tertiary/aromatic N) is 2. The van der Waals surface area contributed by atoms with Gasteiger partial charge in [-0.2, -0.15) is 11.3 Å². The molecule has 3 rings (SSSR count). The molecule has 3 heterocycles. The Kier molecular flexibility index (Phi) is 5.48. The third-order valence-corrected chi connectivity index (χ3v) is 5.33. The first-order chi connectivity index (χ1) is 9.92. The van der Waals surface area contributed by atoms with Gasteiger partial charge in [0.05, 0.1) is 13.2 Å². The molecule has 2 fully saturated rings. The van der Waals surface area contributed by atoms with E-state index in [9.17, 15) is 0 Å². The van der Waals surface area contributed by atoms with Gasteiger partial charge in [0.2, 0.25) is 0 Å². The standard InChI is InChI=1S/C16H26N2OS/c1-2-6-18(13-15-5-12-20-14-15)16(3-1)4-7-17-8-10-19-11-9-17/h5,12,14,16H,1-4,6-11,13H2/t16-/m1/s1. The quantitative estimate of drug-likeness (QED) is 0.830. The van der Waals surface area contributed by atoms with Crippen molar-refractivity contribution in [1.82, 2.24) is 9.80 Å². The Labute approximate surface area is 126 Å². The molecular formula is C16H26N2OS. The molecule has 0 spiro atoms. The maximum atomic E-state index is 5.43. The van der Waals surface area contributed by atoms with Crippen molar-refractivity contribution >= 4 is 11.3 Å². The van der Waals surface area contributed by atoms with Crippen LogP contribution in [-0.4, -0.2) is 55.2 Å². The Morgan fingerprint density at radius 1 is 1.20 bits per heavy atom. The van der Waals surface area contributed by atoms with Crippen molar-refractivity contribution in [2.75, 3.05) is 39.4 Å². The maximum Gasteiger partial charge on any atom is 0.0594 e. The van der Waals surface area contributed by atoms with Crippen molar-refractivity contribution in [3.05, 3.63) is 22.4 Å². The van der Waals surface area contributed by atoms with Gasteiger partial charge in [0.15, 0.2) is 0 Å². The van der Waals surface area contributed by atoms with Crippen molar-refractivity contribution < 1.29 is 4.74 Å². The van der Waals surface area contributed by atoms with Gasteiger partial charge in [-0.1, -0.05) is 6.42 Å². The third kappa shape index (κ3) is 4.04. The Hall–Kier alpha value is -0.420. The lowest BCUT2D eigenvalue weighted by Crippen LogP contribution is -2.43. The summed E-state index contributed by atoms with van der Waals surface area (Å²) in [5.41, 5.74) is 1.49. The summed E-state index contributed by atoms with van der Waals surface area (Å²) in [7, 11) is 0. The number of rotatable bonds is 5. The first-order valence-electron chi connectivity index (χ1n) is 7.97. The largest absolute Gasteiger partial charge is 0.379 e. The summed E-state index contributed by atoms with van der Waals surface area (Å²) in [6.07, 6.45) is 5.49. The molecule has 20 heavy (non-hydrogen) atoms. The molecule has 1 atom stereocenters. The molecule has 0 aromatic carbocycles. The number of morpholine rings is 1. The van der Waals surface area contributed by atoms with E-state index < -0.39 is 0 Å². The predicted molar refractivity (Wildman–Crippen MR) is 84.2 cm³/mol. The molecule has 0 radical (unpaired) electrons. The molecule has 0 bridgehead atoms. The van der Waals surface area contributed by atoms with Gasteiger partial charge in [-0.3, -0.25) is 9.80 Å². The molecule has 0 saturated carbocycles. The minimum absolute atomic E-state index is 0.784. The number of hydrogen-bond donors (Lipinski definition) is 0. The Bertz CT molecular complexity index is 376. The Morgan fingerprint density at radius 2 is 2.10 bits per heavy atom. The van der Waals surface area contributed by atoms with Gasteiger partial charge in [0.1, 0.15) is 0 Å². The highest BCUT2D eigenvalue weighted by Gasteiger charge is 2.23. The zero-order valence-electron chi connectivity index (χ0n) is 12.3. The average molecular weight is 294 g/mol. The van der Waals surface area contributed by atoms with Crippen LogP contribution in [0.25, 0.3) is 0 Å². The molecule has 0 amide bonds. The van der Waals surface area contributed by atoms with Crippen molar-refractivity contribution in [3.63, 3.8) is 0 Å². The molecule has 2 aliphatic heterocycles. The molecule has 1 aromatic rings. The summed E-state index contributed by atoms with van der Waals surface area (Å²) in [5.74, 6) is 0. The van der Waals surface area contributed by atoms with E-state index in [0.717, 1.165) is 38.9 Å². The summed E-state index contributed by atoms with van der Waals surface area (Å²) < 4.78 is 5.43. The topological polar surface area (TPSA) is 15.7 Å². The highest BCUT2D eigenvalue weighted by Crippen LogP contribution is 2.23. The van der Waals surface area contributed by atoms with Crippen LogP contribution in [0.15, 0.2) is 16.8 Å². The molecular weight excluding hydrogens is 268 g/mol. The van der Waals surface area contributed by atoms with Crippen LogP contribution in [-0.2, 0) is 11.3 Å². The zero-order chi connectivity index (χ0) is 13.6. The molecule has 0 aliphatic carbocycles. The number of likely N-dealkylation sites (tertiary alicyclic amines) is 1. The SMILES string of the molecule is c1cc(CN2CCCC[C@@H]2CCN2CCOCC2)cs1. The van der Waals surface area contributed by atoms with Crippen LogP contribution in [0.4, 0.5) is 0 Å². The first kappa shape index (κ1) is 14.5. The van der Waals surface area contributed by atoms with Gasteiger partial charge < -0.3 is 4.74 Å². The summed E-state index contributed by atoms with van der Waals surface area (Å²) in [4.78, 5) is 5.28. The fraction of sp³-hybridized carbons (Fsp3) is 0.750. The van der Waals surface area contributed by atoms with Crippen molar-refractivity contribution in [1.29, 1.82) is 0 Å². The molecule has 0 N–H and O–H groups in total. The Balaban J connectivity index is 1.49. The van der Waals surface area contributed by atoms with Crippen LogP contribution in [0.2, 0.25) is 0 Å². The summed E-state index contributed by atoms with van der Waals surface area (Å²) in [6, 6.07) is 3.06. The lowest BCUT2D eigenvalue weighted by atomic mass is 9.98. The van der Waals surface area contributed by atoms with Crippen LogP contribution in [0, 0.1) is 0 Å². The van der Waals surface area contributed by atoms with E-state index in [1.54, 1.807) is 0 Å². The monoisotopic (exact) mass is 294 g/mol. The fourth-order valence-corrected chi connectivity index (χ4v) is 4.03. The van der Waals surface area contributed by atoms with Gasteiger partial charge in [-0.05, 0) is 54.7 Å². The van der Waals surface area contributed by atoms with Crippen LogP contribution >= 0.6 is 11.3 Å². The van der Waals surface area contributed by atoms with E-state index in [1.165, 1.54) is 44.3 Å². The van der Waals surface area contributed by atoms with E-state index >= 15 is 0 Å². The molecule has 4 heteroatoms. The third-order valence-electron chi connectivity index (χ3n) is 4.60. The van der Waals surface area contributed by atoms with Crippen molar-refractivity contribution in [3.8, 4) is 0 Å². The lowest BCUT2D eigenvalue weighted by molar-refractivity contribution is 0.0302. The van der Waals surface area contributed by atoms with Crippen LogP contribution in [0.1, 0.15) is 31.2 Å². The van der Waals surface area contributed by atoms with Crippen LogP contribution in [0.3, 0.4) is 0 Å². The smallest absolute Gasteiger partial charge is 0.0594 e. The number of hydrogen-bond acceptors (Lipinski definition) is 4. The molecule has 1 aromatic heterocycles.